The third-order valence-corrected chi connectivity index (χ3v) is 2.59. The number of hydrogen-bond acceptors (Lipinski definition) is 4. The molecule has 17 heavy (non-hydrogen) atoms. The van der Waals surface area contributed by atoms with Crippen LogP contribution in [0.1, 0.15) is 12.6 Å². The maximum atomic E-state index is 13.5. The second kappa shape index (κ2) is 4.04. The molecule has 2 heterocycles. The number of rotatable bonds is 2. The zero-order valence-corrected chi connectivity index (χ0v) is 8.60. The van der Waals surface area contributed by atoms with Crippen LogP contribution in [-0.2, 0) is 4.74 Å². The van der Waals surface area contributed by atoms with E-state index in [2.05, 4.69) is 4.74 Å². The number of H-pyrrole nitrogens is 1. The summed E-state index contributed by atoms with van der Waals surface area (Å²) < 4.78 is 32.4. The first-order chi connectivity index (χ1) is 7.96. The molecule has 2 rings (SSSR count). The van der Waals surface area contributed by atoms with Crippen LogP contribution in [0.2, 0.25) is 0 Å². The highest BCUT2D eigenvalue weighted by atomic mass is 19.2. The molecule has 0 aliphatic carbocycles. The van der Waals surface area contributed by atoms with Crippen molar-refractivity contribution in [2.75, 3.05) is 6.61 Å². The minimum atomic E-state index is -2.81. The lowest BCUT2D eigenvalue weighted by Gasteiger charge is -2.19. The van der Waals surface area contributed by atoms with Crippen molar-refractivity contribution in [2.45, 2.75) is 24.7 Å². The molecular formula is C9H10F2N2O4. The summed E-state index contributed by atoms with van der Waals surface area (Å²) in [4.78, 5) is 24.1. The van der Waals surface area contributed by atoms with E-state index in [1.807, 2.05) is 4.98 Å². The third kappa shape index (κ3) is 2.01. The van der Waals surface area contributed by atoms with Crippen LogP contribution in [0.5, 0.6) is 0 Å². The molecule has 0 aromatic carbocycles. The van der Waals surface area contributed by atoms with Gasteiger partial charge in [-0.25, -0.2) is 13.6 Å². The second-order valence-corrected chi connectivity index (χ2v) is 3.74. The number of ether oxygens (including phenoxy) is 1. The molecule has 3 atom stereocenters. The lowest BCUT2D eigenvalue weighted by atomic mass is 10.2. The number of aliphatic hydroxyl groups excluding tert-OH is 1. The van der Waals surface area contributed by atoms with E-state index in [4.69, 9.17) is 5.11 Å². The first-order valence-corrected chi connectivity index (χ1v) is 4.89. The number of aromatic nitrogens is 2. The zero-order valence-electron chi connectivity index (χ0n) is 8.60. The lowest BCUT2D eigenvalue weighted by Crippen LogP contribution is -2.36. The van der Waals surface area contributed by atoms with Gasteiger partial charge in [0.2, 0.25) is 0 Å². The lowest BCUT2D eigenvalue weighted by molar-refractivity contribution is -0.196. The van der Waals surface area contributed by atoms with Crippen LogP contribution in [0.25, 0.3) is 0 Å². The predicted molar refractivity (Wildman–Crippen MR) is 51.9 cm³/mol. The normalized spacial score (nSPS) is 32.9. The van der Waals surface area contributed by atoms with Crippen molar-refractivity contribution in [3.05, 3.63) is 33.1 Å². The molecule has 1 fully saturated rings. The number of nitrogens with one attached hydrogen (secondary N) is 1. The summed E-state index contributed by atoms with van der Waals surface area (Å²) in [6.07, 6.45) is -2.55. The summed E-state index contributed by atoms with van der Waals surface area (Å²) in [7, 11) is 0. The maximum absolute atomic E-state index is 13.5. The van der Waals surface area contributed by atoms with Crippen LogP contribution >= 0.6 is 0 Å². The number of alkyl halides is 2. The molecule has 1 aromatic rings. The molecule has 6 nitrogen and oxygen atoms in total. The molecule has 0 bridgehead atoms. The van der Waals surface area contributed by atoms with E-state index >= 15 is 0 Å². The van der Waals surface area contributed by atoms with E-state index in [0.717, 1.165) is 16.8 Å². The molecule has 1 aliphatic rings. The largest absolute Gasteiger partial charge is 0.390 e. The van der Waals surface area contributed by atoms with Gasteiger partial charge in [0.15, 0.2) is 6.17 Å². The van der Waals surface area contributed by atoms with Gasteiger partial charge in [-0.1, -0.05) is 0 Å². The van der Waals surface area contributed by atoms with Crippen molar-refractivity contribution >= 4 is 0 Å². The molecule has 0 spiro atoms. The molecule has 94 valence electrons. The highest BCUT2D eigenvalue weighted by Gasteiger charge is 2.50. The smallest absolute Gasteiger partial charge is 0.330 e. The highest BCUT2D eigenvalue weighted by molar-refractivity contribution is 4.91. The van der Waals surface area contributed by atoms with E-state index in [1.54, 1.807) is 0 Å². The number of halogens is 2. The summed E-state index contributed by atoms with van der Waals surface area (Å²) >= 11 is 0. The topological polar surface area (TPSA) is 84.3 Å². The van der Waals surface area contributed by atoms with E-state index in [9.17, 15) is 18.4 Å². The SMILES string of the molecule is O=c1ccn([C@H]2C[C@H](F)[C@@](F)(CO)O2)c(=O)[nH]1. The molecule has 0 amide bonds. The van der Waals surface area contributed by atoms with Crippen LogP contribution < -0.4 is 11.2 Å². The number of aliphatic hydroxyl groups is 1. The van der Waals surface area contributed by atoms with Crippen LogP contribution in [0, 0.1) is 0 Å². The molecule has 1 saturated heterocycles. The molecule has 1 aromatic heterocycles. The van der Waals surface area contributed by atoms with Crippen LogP contribution in [0.4, 0.5) is 8.78 Å². The summed E-state index contributed by atoms with van der Waals surface area (Å²) in [5.74, 6) is -2.81. The fourth-order valence-corrected chi connectivity index (χ4v) is 1.66. The molecular weight excluding hydrogens is 238 g/mol. The number of aromatic amines is 1. The monoisotopic (exact) mass is 248 g/mol. The van der Waals surface area contributed by atoms with Gasteiger partial charge in [0.05, 0.1) is 0 Å². The fourth-order valence-electron chi connectivity index (χ4n) is 1.66. The van der Waals surface area contributed by atoms with E-state index in [1.165, 1.54) is 0 Å². The van der Waals surface area contributed by atoms with Crippen molar-refractivity contribution in [1.29, 1.82) is 0 Å². The van der Waals surface area contributed by atoms with E-state index in [0.29, 0.717) is 0 Å². The highest BCUT2D eigenvalue weighted by Crippen LogP contribution is 2.38. The van der Waals surface area contributed by atoms with E-state index < -0.39 is 42.5 Å². The Kier molecular flexibility index (Phi) is 2.84. The molecule has 2 N–H and O–H groups in total. The van der Waals surface area contributed by atoms with Gasteiger partial charge in [0.1, 0.15) is 12.8 Å². The molecule has 8 heteroatoms. The Hall–Kier alpha value is -1.54. The summed E-state index contributed by atoms with van der Waals surface area (Å²) in [6, 6.07) is 1.04. The standard InChI is InChI=1S/C9H10F2N2O4/c10-5-3-7(17-9(5,11)4-14)13-2-1-6(15)12-8(13)16/h1-2,5,7,14H,3-4H2,(H,12,15,16)/t5-,7+,9+/m0/s1. The van der Waals surface area contributed by atoms with Crippen molar-refractivity contribution in [3.8, 4) is 0 Å². The number of hydrogen-bond donors (Lipinski definition) is 2. The second-order valence-electron chi connectivity index (χ2n) is 3.74. The van der Waals surface area contributed by atoms with Gasteiger partial charge in [-0.2, -0.15) is 0 Å². The van der Waals surface area contributed by atoms with Crippen molar-refractivity contribution in [3.63, 3.8) is 0 Å². The van der Waals surface area contributed by atoms with Crippen molar-refractivity contribution in [1.82, 2.24) is 9.55 Å². The van der Waals surface area contributed by atoms with Gasteiger partial charge < -0.3 is 9.84 Å². The Morgan fingerprint density at radius 1 is 1.65 bits per heavy atom. The first-order valence-electron chi connectivity index (χ1n) is 4.89. The van der Waals surface area contributed by atoms with E-state index in [-0.39, 0.29) is 0 Å². The van der Waals surface area contributed by atoms with Crippen molar-refractivity contribution in [2.24, 2.45) is 0 Å². The maximum Gasteiger partial charge on any atom is 0.330 e. The quantitative estimate of drug-likeness (QED) is 0.735. The zero-order chi connectivity index (χ0) is 12.6. The first kappa shape index (κ1) is 11.9. The van der Waals surface area contributed by atoms with Gasteiger partial charge in [-0.05, 0) is 0 Å². The molecule has 0 unspecified atom stereocenters. The average Bonchev–Trinajstić information content (AvgIpc) is 2.56. The minimum absolute atomic E-state index is 0.414. The molecule has 1 aliphatic heterocycles. The Morgan fingerprint density at radius 3 is 2.88 bits per heavy atom. The molecule has 0 radical (unpaired) electrons. The van der Waals surface area contributed by atoms with Gasteiger partial charge >= 0.3 is 5.69 Å². The van der Waals surface area contributed by atoms with Crippen LogP contribution in [-0.4, -0.2) is 33.3 Å². The Balaban J connectivity index is 2.32. The van der Waals surface area contributed by atoms with Gasteiger partial charge in [-0.3, -0.25) is 14.3 Å². The predicted octanol–water partition coefficient (Wildman–Crippen LogP) is -0.548. The Morgan fingerprint density at radius 2 is 2.35 bits per heavy atom. The minimum Gasteiger partial charge on any atom is -0.390 e. The Labute approximate surface area is 93.5 Å². The molecule has 0 saturated carbocycles. The van der Waals surface area contributed by atoms with Crippen LogP contribution in [0.3, 0.4) is 0 Å². The van der Waals surface area contributed by atoms with Gasteiger partial charge in [0, 0.05) is 18.7 Å². The summed E-state index contributed by atoms with van der Waals surface area (Å²) in [5, 5.41) is 8.69. The fraction of sp³-hybridized carbons (Fsp3) is 0.556. The summed E-state index contributed by atoms with van der Waals surface area (Å²) in [6.45, 7) is -1.14. The third-order valence-electron chi connectivity index (χ3n) is 2.59. The van der Waals surface area contributed by atoms with Crippen molar-refractivity contribution < 1.29 is 18.6 Å². The Bertz CT molecular complexity index is 528. The number of nitrogens with zero attached hydrogens (tertiary/aromatic N) is 1. The van der Waals surface area contributed by atoms with Gasteiger partial charge in [0.25, 0.3) is 11.4 Å². The van der Waals surface area contributed by atoms with Gasteiger partial charge in [-0.15, -0.1) is 0 Å². The average molecular weight is 248 g/mol. The van der Waals surface area contributed by atoms with Crippen LogP contribution in [0.15, 0.2) is 21.9 Å². The summed E-state index contributed by atoms with van der Waals surface area (Å²) in [5.41, 5.74) is -1.44.